The SMILES string of the molecule is CN(C)c1nc2c(c(N(C)C)n1)CCN(C(=O)c1ccc(O)c(Cl)c1)C2. The number of benzene rings is 1. The zero-order valence-electron chi connectivity index (χ0n) is 15.3. The smallest absolute Gasteiger partial charge is 0.254 e. The van der Waals surface area contributed by atoms with Gasteiger partial charge in [-0.25, -0.2) is 4.98 Å². The maximum atomic E-state index is 12.8. The Morgan fingerprint density at radius 1 is 1.19 bits per heavy atom. The zero-order valence-corrected chi connectivity index (χ0v) is 16.1. The van der Waals surface area contributed by atoms with Crippen LogP contribution in [0.3, 0.4) is 0 Å². The molecule has 1 aliphatic heterocycles. The molecule has 8 heteroatoms. The lowest BCUT2D eigenvalue weighted by atomic mass is 10.0. The number of halogens is 1. The zero-order chi connectivity index (χ0) is 19.0. The van der Waals surface area contributed by atoms with Crippen molar-refractivity contribution in [3.05, 3.63) is 40.0 Å². The minimum absolute atomic E-state index is 0.0359. The van der Waals surface area contributed by atoms with Gasteiger partial charge in [-0.05, 0) is 24.6 Å². The van der Waals surface area contributed by atoms with E-state index in [1.54, 1.807) is 11.0 Å². The molecule has 1 aromatic carbocycles. The molecule has 3 rings (SSSR count). The number of nitrogens with zero attached hydrogens (tertiary/aromatic N) is 5. The molecule has 0 aliphatic carbocycles. The van der Waals surface area contributed by atoms with E-state index < -0.39 is 0 Å². The number of amides is 1. The quantitative estimate of drug-likeness (QED) is 0.886. The van der Waals surface area contributed by atoms with Crippen LogP contribution in [0.4, 0.5) is 11.8 Å². The summed E-state index contributed by atoms with van der Waals surface area (Å²) < 4.78 is 0. The molecule has 0 atom stereocenters. The number of rotatable bonds is 3. The van der Waals surface area contributed by atoms with Crippen LogP contribution in [0.15, 0.2) is 18.2 Å². The van der Waals surface area contributed by atoms with E-state index in [2.05, 4.69) is 9.97 Å². The summed E-state index contributed by atoms with van der Waals surface area (Å²) in [6.45, 7) is 0.993. The van der Waals surface area contributed by atoms with E-state index in [4.69, 9.17) is 11.6 Å². The number of hydrogen-bond donors (Lipinski definition) is 1. The molecule has 2 heterocycles. The predicted octanol–water partition coefficient (Wildman–Crippen LogP) is 2.17. The van der Waals surface area contributed by atoms with Crippen molar-refractivity contribution in [3.63, 3.8) is 0 Å². The monoisotopic (exact) mass is 375 g/mol. The van der Waals surface area contributed by atoms with Crippen molar-refractivity contribution in [3.8, 4) is 5.75 Å². The van der Waals surface area contributed by atoms with Crippen molar-refractivity contribution in [2.75, 3.05) is 44.5 Å². The molecule has 0 bridgehead atoms. The van der Waals surface area contributed by atoms with Gasteiger partial charge in [0.25, 0.3) is 5.91 Å². The molecular formula is C18H22ClN5O2. The number of aromatic hydroxyl groups is 1. The van der Waals surface area contributed by atoms with E-state index >= 15 is 0 Å². The second-order valence-corrected chi connectivity index (χ2v) is 7.11. The van der Waals surface area contributed by atoms with E-state index in [0.717, 1.165) is 17.1 Å². The van der Waals surface area contributed by atoms with Crippen molar-refractivity contribution in [2.45, 2.75) is 13.0 Å². The van der Waals surface area contributed by atoms with Crippen LogP contribution in [0.5, 0.6) is 5.75 Å². The third kappa shape index (κ3) is 3.39. The molecular weight excluding hydrogens is 354 g/mol. The van der Waals surface area contributed by atoms with Crippen molar-refractivity contribution >= 4 is 29.3 Å². The fourth-order valence-corrected chi connectivity index (χ4v) is 3.14. The number of hydrogen-bond acceptors (Lipinski definition) is 6. The standard InChI is InChI=1S/C18H22ClN5O2/c1-22(2)16-12-7-8-24(10-14(12)20-18(21-16)23(3)4)17(26)11-5-6-15(25)13(19)9-11/h5-6,9,25H,7-8,10H2,1-4H3. The summed E-state index contributed by atoms with van der Waals surface area (Å²) in [5, 5.41) is 9.71. The first kappa shape index (κ1) is 18.3. The van der Waals surface area contributed by atoms with Gasteiger partial charge >= 0.3 is 0 Å². The molecule has 0 spiro atoms. The maximum absolute atomic E-state index is 12.8. The van der Waals surface area contributed by atoms with Gasteiger partial charge in [0.2, 0.25) is 5.95 Å². The van der Waals surface area contributed by atoms with Crippen molar-refractivity contribution in [1.82, 2.24) is 14.9 Å². The van der Waals surface area contributed by atoms with Gasteiger partial charge in [0.05, 0.1) is 17.3 Å². The fraction of sp³-hybridized carbons (Fsp3) is 0.389. The molecule has 1 aromatic heterocycles. The van der Waals surface area contributed by atoms with Crippen molar-refractivity contribution < 1.29 is 9.90 Å². The number of phenolic OH excluding ortho intramolecular Hbond substituents is 1. The number of carbonyl (C=O) groups is 1. The molecule has 26 heavy (non-hydrogen) atoms. The highest BCUT2D eigenvalue weighted by Gasteiger charge is 2.27. The van der Waals surface area contributed by atoms with Gasteiger partial charge in [0.15, 0.2) is 0 Å². The lowest BCUT2D eigenvalue weighted by molar-refractivity contribution is 0.0732. The van der Waals surface area contributed by atoms with E-state index in [-0.39, 0.29) is 16.7 Å². The third-order valence-electron chi connectivity index (χ3n) is 4.34. The van der Waals surface area contributed by atoms with Crippen LogP contribution in [0.1, 0.15) is 21.6 Å². The summed E-state index contributed by atoms with van der Waals surface area (Å²) in [6, 6.07) is 4.50. The molecule has 1 amide bonds. The fourth-order valence-electron chi connectivity index (χ4n) is 2.96. The van der Waals surface area contributed by atoms with Gasteiger partial charge in [-0.1, -0.05) is 11.6 Å². The molecule has 0 saturated heterocycles. The predicted molar refractivity (Wildman–Crippen MR) is 102 cm³/mol. The molecule has 0 unspecified atom stereocenters. The normalized spacial score (nSPS) is 13.3. The summed E-state index contributed by atoms with van der Waals surface area (Å²) in [5.74, 6) is 1.34. The van der Waals surface area contributed by atoms with Gasteiger partial charge in [0.1, 0.15) is 11.6 Å². The van der Waals surface area contributed by atoms with E-state index in [1.165, 1.54) is 12.1 Å². The second-order valence-electron chi connectivity index (χ2n) is 6.70. The van der Waals surface area contributed by atoms with Gasteiger partial charge < -0.3 is 19.8 Å². The molecule has 0 saturated carbocycles. The number of phenols is 1. The van der Waals surface area contributed by atoms with E-state index in [1.807, 2.05) is 38.0 Å². The number of anilines is 2. The van der Waals surface area contributed by atoms with E-state index in [9.17, 15) is 9.90 Å². The largest absolute Gasteiger partial charge is 0.506 e. The van der Waals surface area contributed by atoms with Crippen LogP contribution in [0.2, 0.25) is 5.02 Å². The average molecular weight is 376 g/mol. The van der Waals surface area contributed by atoms with Crippen LogP contribution in [-0.4, -0.2) is 60.6 Å². The van der Waals surface area contributed by atoms with Crippen molar-refractivity contribution in [1.29, 1.82) is 0 Å². The summed E-state index contributed by atoms with van der Waals surface area (Å²) in [5.41, 5.74) is 2.39. The van der Waals surface area contributed by atoms with Crippen molar-refractivity contribution in [2.24, 2.45) is 0 Å². The third-order valence-corrected chi connectivity index (χ3v) is 4.64. The van der Waals surface area contributed by atoms with Gasteiger partial charge in [-0.3, -0.25) is 4.79 Å². The topological polar surface area (TPSA) is 72.8 Å². The number of fused-ring (bicyclic) bond motifs is 1. The molecule has 1 N–H and O–H groups in total. The van der Waals surface area contributed by atoms with Crippen LogP contribution in [0, 0.1) is 0 Å². The second kappa shape index (κ2) is 6.99. The first-order valence-electron chi connectivity index (χ1n) is 8.30. The van der Waals surface area contributed by atoms with Crippen LogP contribution in [-0.2, 0) is 13.0 Å². The highest BCUT2D eigenvalue weighted by molar-refractivity contribution is 6.32. The molecule has 2 aromatic rings. The number of carbonyl (C=O) groups excluding carboxylic acids is 1. The van der Waals surface area contributed by atoms with Gasteiger partial charge in [-0.2, -0.15) is 4.98 Å². The molecule has 138 valence electrons. The molecule has 7 nitrogen and oxygen atoms in total. The molecule has 1 aliphatic rings. The minimum atomic E-state index is -0.131. The summed E-state index contributed by atoms with van der Waals surface area (Å²) in [6.07, 6.45) is 0.689. The van der Waals surface area contributed by atoms with Crippen LogP contribution < -0.4 is 9.80 Å². The highest BCUT2D eigenvalue weighted by Crippen LogP contribution is 2.29. The van der Waals surface area contributed by atoms with E-state index in [0.29, 0.717) is 31.0 Å². The van der Waals surface area contributed by atoms with Gasteiger partial charge in [0, 0.05) is 45.9 Å². The lowest BCUT2D eigenvalue weighted by Gasteiger charge is -2.31. The Morgan fingerprint density at radius 3 is 2.54 bits per heavy atom. The number of aromatic nitrogens is 2. The molecule has 0 radical (unpaired) electrons. The Bertz CT molecular complexity index is 854. The summed E-state index contributed by atoms with van der Waals surface area (Å²) in [7, 11) is 7.70. The Morgan fingerprint density at radius 2 is 1.92 bits per heavy atom. The Kier molecular flexibility index (Phi) is 4.91. The van der Waals surface area contributed by atoms with Crippen LogP contribution >= 0.6 is 11.6 Å². The Labute approximate surface area is 157 Å². The average Bonchev–Trinajstić information content (AvgIpc) is 2.61. The summed E-state index contributed by atoms with van der Waals surface area (Å²) >= 11 is 5.94. The first-order valence-corrected chi connectivity index (χ1v) is 8.68. The first-order chi connectivity index (χ1) is 12.3. The lowest BCUT2D eigenvalue weighted by Crippen LogP contribution is -2.37. The Hall–Kier alpha value is -2.54. The molecule has 0 fully saturated rings. The highest BCUT2D eigenvalue weighted by atomic mass is 35.5. The van der Waals surface area contributed by atoms with Gasteiger partial charge in [-0.15, -0.1) is 0 Å². The van der Waals surface area contributed by atoms with Crippen LogP contribution in [0.25, 0.3) is 0 Å². The summed E-state index contributed by atoms with van der Waals surface area (Å²) in [4.78, 5) is 27.7. The Balaban J connectivity index is 1.93. The maximum Gasteiger partial charge on any atom is 0.254 e. The minimum Gasteiger partial charge on any atom is -0.506 e.